The second kappa shape index (κ2) is 11.3. The van der Waals surface area contributed by atoms with Crippen LogP contribution in [0.1, 0.15) is 25.0 Å². The van der Waals surface area contributed by atoms with Gasteiger partial charge in [0.1, 0.15) is 11.5 Å². The predicted octanol–water partition coefficient (Wildman–Crippen LogP) is 13.7. The molecule has 0 aromatic heterocycles. The Balaban J connectivity index is 1.17. The quantitative estimate of drug-likeness (QED) is 0.183. The molecule has 1 aliphatic carbocycles. The number of hydrogen-bond acceptors (Lipinski definition) is 2. The van der Waals surface area contributed by atoms with Gasteiger partial charge in [-0.15, -0.1) is 0 Å². The van der Waals surface area contributed by atoms with E-state index in [1.807, 2.05) is 0 Å². The summed E-state index contributed by atoms with van der Waals surface area (Å²) in [4.78, 5) is 2.45. The number of benzene rings is 8. The lowest BCUT2D eigenvalue weighted by atomic mass is 9.81. The van der Waals surface area contributed by atoms with Crippen molar-refractivity contribution >= 4 is 27.8 Å². The molecule has 242 valence electrons. The van der Waals surface area contributed by atoms with Crippen molar-refractivity contribution in [2.75, 3.05) is 4.90 Å². The Morgan fingerprint density at radius 1 is 0.431 bits per heavy atom. The van der Waals surface area contributed by atoms with Crippen LogP contribution < -0.4 is 9.64 Å². The first-order chi connectivity index (χ1) is 25.1. The molecule has 0 N–H and O–H groups in total. The molecule has 0 bridgehead atoms. The third kappa shape index (κ3) is 4.57. The zero-order valence-electron chi connectivity index (χ0n) is 28.6. The van der Waals surface area contributed by atoms with E-state index in [1.165, 1.54) is 50.2 Å². The van der Waals surface area contributed by atoms with Gasteiger partial charge in [-0.25, -0.2) is 0 Å². The summed E-state index contributed by atoms with van der Waals surface area (Å²) in [6.07, 6.45) is 0. The van der Waals surface area contributed by atoms with E-state index in [4.69, 9.17) is 4.74 Å². The molecule has 2 nitrogen and oxygen atoms in total. The predicted molar refractivity (Wildman–Crippen MR) is 213 cm³/mol. The van der Waals surface area contributed by atoms with Crippen LogP contribution in [0.3, 0.4) is 0 Å². The Bertz CT molecular complexity index is 2620. The third-order valence-electron chi connectivity index (χ3n) is 10.9. The SMILES string of the molecule is CC1(C)c2cc(-c3ccccc3)ccc2-c2c(N(c3ccccc3)c3ccc4c5c(cccc35)-c3ccc(-c5ccccc5)cc3O4)cccc21. The topological polar surface area (TPSA) is 12.5 Å². The number of hydrogen-bond donors (Lipinski definition) is 0. The van der Waals surface area contributed by atoms with Gasteiger partial charge in [-0.05, 0) is 93.0 Å². The number of ether oxygens (including phenoxy) is 1. The molecule has 0 saturated heterocycles. The lowest BCUT2D eigenvalue weighted by molar-refractivity contribution is 0.487. The summed E-state index contributed by atoms with van der Waals surface area (Å²) in [5.41, 5.74) is 15.6. The van der Waals surface area contributed by atoms with Crippen molar-refractivity contribution in [3.63, 3.8) is 0 Å². The molecule has 0 atom stereocenters. The van der Waals surface area contributed by atoms with Gasteiger partial charge in [-0.1, -0.05) is 141 Å². The van der Waals surface area contributed by atoms with Crippen molar-refractivity contribution in [1.29, 1.82) is 0 Å². The van der Waals surface area contributed by atoms with Gasteiger partial charge in [0.15, 0.2) is 0 Å². The fraction of sp³-hybridized carbons (Fsp3) is 0.0612. The molecule has 1 heterocycles. The highest BCUT2D eigenvalue weighted by atomic mass is 16.5. The molecule has 2 heteroatoms. The van der Waals surface area contributed by atoms with E-state index < -0.39 is 0 Å². The van der Waals surface area contributed by atoms with Gasteiger partial charge >= 0.3 is 0 Å². The zero-order chi connectivity index (χ0) is 34.1. The van der Waals surface area contributed by atoms with Crippen molar-refractivity contribution in [3.05, 3.63) is 187 Å². The average molecular weight is 654 g/mol. The summed E-state index contributed by atoms with van der Waals surface area (Å²) >= 11 is 0. The Morgan fingerprint density at radius 2 is 1.08 bits per heavy atom. The van der Waals surface area contributed by atoms with E-state index in [1.54, 1.807) is 0 Å². The largest absolute Gasteiger partial charge is 0.456 e. The number of anilines is 3. The number of nitrogens with zero attached hydrogens (tertiary/aromatic N) is 1. The first-order valence-corrected chi connectivity index (χ1v) is 17.7. The van der Waals surface area contributed by atoms with Gasteiger partial charge in [-0.2, -0.15) is 0 Å². The van der Waals surface area contributed by atoms with Crippen molar-refractivity contribution in [1.82, 2.24) is 0 Å². The smallest absolute Gasteiger partial charge is 0.136 e. The number of rotatable bonds is 5. The average Bonchev–Trinajstić information content (AvgIpc) is 3.42. The van der Waals surface area contributed by atoms with Crippen molar-refractivity contribution in [3.8, 4) is 56.0 Å². The zero-order valence-corrected chi connectivity index (χ0v) is 28.6. The highest BCUT2D eigenvalue weighted by Gasteiger charge is 2.38. The highest BCUT2D eigenvalue weighted by Crippen LogP contribution is 2.56. The lowest BCUT2D eigenvalue weighted by Gasteiger charge is -2.31. The van der Waals surface area contributed by atoms with E-state index in [9.17, 15) is 0 Å². The molecule has 51 heavy (non-hydrogen) atoms. The van der Waals surface area contributed by atoms with Crippen LogP contribution in [0.2, 0.25) is 0 Å². The summed E-state index contributed by atoms with van der Waals surface area (Å²) in [7, 11) is 0. The molecule has 0 amide bonds. The Morgan fingerprint density at radius 3 is 1.80 bits per heavy atom. The molecule has 0 saturated carbocycles. The fourth-order valence-corrected chi connectivity index (χ4v) is 8.37. The minimum atomic E-state index is -0.163. The van der Waals surface area contributed by atoms with E-state index in [-0.39, 0.29) is 5.41 Å². The van der Waals surface area contributed by atoms with Gasteiger partial charge in [0.05, 0.1) is 11.4 Å². The van der Waals surface area contributed by atoms with Gasteiger partial charge in [-0.3, -0.25) is 0 Å². The Labute approximate surface area is 298 Å². The Kier molecular flexibility index (Phi) is 6.56. The Hall–Kier alpha value is -6.38. The second-order valence-corrected chi connectivity index (χ2v) is 14.1. The summed E-state index contributed by atoms with van der Waals surface area (Å²) in [5, 5.41) is 2.29. The molecule has 0 fully saturated rings. The van der Waals surface area contributed by atoms with Crippen LogP contribution in [0.4, 0.5) is 17.1 Å². The van der Waals surface area contributed by atoms with E-state index in [0.717, 1.165) is 44.8 Å². The molecule has 0 unspecified atom stereocenters. The van der Waals surface area contributed by atoms with Gasteiger partial charge < -0.3 is 9.64 Å². The minimum absolute atomic E-state index is 0.163. The maximum atomic E-state index is 6.73. The molecule has 8 aromatic carbocycles. The maximum absolute atomic E-state index is 6.73. The van der Waals surface area contributed by atoms with Gasteiger partial charge in [0.25, 0.3) is 0 Å². The van der Waals surface area contributed by atoms with Crippen molar-refractivity contribution in [2.45, 2.75) is 19.3 Å². The summed E-state index contributed by atoms with van der Waals surface area (Å²) < 4.78 is 6.73. The molecule has 2 aliphatic rings. The van der Waals surface area contributed by atoms with Crippen LogP contribution in [-0.4, -0.2) is 0 Å². The van der Waals surface area contributed by atoms with E-state index >= 15 is 0 Å². The molecular weight excluding hydrogens is 619 g/mol. The third-order valence-corrected chi connectivity index (χ3v) is 10.9. The summed E-state index contributed by atoms with van der Waals surface area (Å²) in [5.74, 6) is 1.77. The highest BCUT2D eigenvalue weighted by molar-refractivity contribution is 6.11. The molecule has 1 aliphatic heterocycles. The molecular formula is C49H35NO. The van der Waals surface area contributed by atoms with Crippen molar-refractivity contribution in [2.24, 2.45) is 0 Å². The molecule has 8 aromatic rings. The van der Waals surface area contributed by atoms with Crippen molar-refractivity contribution < 1.29 is 4.74 Å². The molecule has 0 radical (unpaired) electrons. The molecule has 0 spiro atoms. The van der Waals surface area contributed by atoms with E-state index in [0.29, 0.717) is 0 Å². The normalized spacial score (nSPS) is 13.2. The van der Waals surface area contributed by atoms with Crippen LogP contribution in [0.5, 0.6) is 11.5 Å². The first-order valence-electron chi connectivity index (χ1n) is 17.7. The summed E-state index contributed by atoms with van der Waals surface area (Å²) in [6, 6.07) is 63.5. The van der Waals surface area contributed by atoms with Gasteiger partial charge in [0.2, 0.25) is 0 Å². The van der Waals surface area contributed by atoms with Crippen LogP contribution in [0.15, 0.2) is 176 Å². The van der Waals surface area contributed by atoms with Crippen LogP contribution in [-0.2, 0) is 5.41 Å². The first kappa shape index (κ1) is 29.5. The second-order valence-electron chi connectivity index (χ2n) is 14.1. The van der Waals surface area contributed by atoms with Crippen LogP contribution in [0, 0.1) is 0 Å². The maximum Gasteiger partial charge on any atom is 0.136 e. The van der Waals surface area contributed by atoms with Gasteiger partial charge in [0, 0.05) is 33.0 Å². The molecule has 10 rings (SSSR count). The lowest BCUT2D eigenvalue weighted by Crippen LogP contribution is -2.16. The standard InChI is InChI=1S/C49H35NO/c1-49(2)41-22-13-23-44(48(41)39-27-25-34(30-42(39)49)32-14-6-3-7-15-32)50(36-18-10-5-11-19-36)43-28-29-45-47-38(20-12-21-40(43)47)37-26-24-35(31-46(37)51-45)33-16-8-4-9-17-33/h3-31H,1-2H3. The van der Waals surface area contributed by atoms with Crippen LogP contribution >= 0.6 is 0 Å². The number of fused-ring (bicyclic) bond motifs is 5. The monoisotopic (exact) mass is 653 g/mol. The minimum Gasteiger partial charge on any atom is -0.456 e. The van der Waals surface area contributed by atoms with Crippen LogP contribution in [0.25, 0.3) is 55.3 Å². The fourth-order valence-electron chi connectivity index (χ4n) is 8.37. The number of para-hydroxylation sites is 1. The van der Waals surface area contributed by atoms with E-state index in [2.05, 4.69) is 195 Å². The summed E-state index contributed by atoms with van der Waals surface area (Å²) in [6.45, 7) is 4.73.